The Morgan fingerprint density at radius 2 is 2.08 bits per heavy atom. The van der Waals surface area contributed by atoms with Crippen molar-refractivity contribution in [2.75, 3.05) is 12.5 Å². The molecule has 0 saturated carbocycles. The summed E-state index contributed by atoms with van der Waals surface area (Å²) in [7, 11) is 0. The van der Waals surface area contributed by atoms with E-state index in [1.807, 2.05) is 0 Å². The molecule has 0 bridgehead atoms. The summed E-state index contributed by atoms with van der Waals surface area (Å²) in [6, 6.07) is 0. The number of rotatable bonds is 4. The highest BCUT2D eigenvalue weighted by Crippen LogP contribution is 2.13. The average Bonchev–Trinajstić information content (AvgIpc) is 1.84. The van der Waals surface area contributed by atoms with E-state index in [1.54, 1.807) is 5.48 Å². The molecule has 7 heteroatoms. The van der Waals surface area contributed by atoms with Crippen LogP contribution in [0.15, 0.2) is 0 Å². The van der Waals surface area contributed by atoms with Gasteiger partial charge >= 0.3 is 6.18 Å². The predicted octanol–water partition coefficient (Wildman–Crippen LogP) is 1.23. The molecule has 0 aliphatic rings. The summed E-state index contributed by atoms with van der Waals surface area (Å²) in [5, 5.41) is 0. The molecule has 0 fully saturated rings. The van der Waals surface area contributed by atoms with Crippen molar-refractivity contribution in [3.8, 4) is 0 Å². The molecule has 1 amide bonds. The summed E-state index contributed by atoms with van der Waals surface area (Å²) in [6.07, 6.45) is -4.51. The van der Waals surface area contributed by atoms with E-state index in [1.165, 1.54) is 0 Å². The third-order valence-corrected chi connectivity index (χ3v) is 0.932. The third-order valence-electron chi connectivity index (χ3n) is 0.743. The van der Waals surface area contributed by atoms with Gasteiger partial charge in [0.2, 0.25) is 5.91 Å². The van der Waals surface area contributed by atoms with Crippen LogP contribution >= 0.6 is 11.6 Å². The Balaban J connectivity index is 3.37. The standard InChI is InChI=1S/C5H7ClF3NO2/c6-2-1-4(11)10-12-3-5(7,8)9/h1-3H2,(H,10,11). The molecule has 0 aliphatic heterocycles. The zero-order chi connectivity index (χ0) is 9.61. The number of carbonyl (C=O) groups excluding carboxylic acids is 1. The molecule has 0 saturated heterocycles. The van der Waals surface area contributed by atoms with Gasteiger partial charge in [0.25, 0.3) is 0 Å². The number of carbonyl (C=O) groups is 1. The van der Waals surface area contributed by atoms with Crippen LogP contribution < -0.4 is 5.48 Å². The van der Waals surface area contributed by atoms with Crippen molar-refractivity contribution in [3.05, 3.63) is 0 Å². The van der Waals surface area contributed by atoms with E-state index in [4.69, 9.17) is 11.6 Å². The van der Waals surface area contributed by atoms with E-state index in [-0.39, 0.29) is 12.3 Å². The summed E-state index contributed by atoms with van der Waals surface area (Å²) < 4.78 is 34.2. The predicted molar refractivity (Wildman–Crippen MR) is 35.5 cm³/mol. The molecule has 0 rings (SSSR count). The van der Waals surface area contributed by atoms with Crippen LogP contribution in [-0.4, -0.2) is 24.6 Å². The quantitative estimate of drug-likeness (QED) is 0.554. The summed E-state index contributed by atoms with van der Waals surface area (Å²) >= 11 is 5.13. The molecule has 0 heterocycles. The molecule has 12 heavy (non-hydrogen) atoms. The number of hydroxylamine groups is 1. The van der Waals surface area contributed by atoms with E-state index >= 15 is 0 Å². The lowest BCUT2D eigenvalue weighted by atomic mass is 10.5. The zero-order valence-corrected chi connectivity index (χ0v) is 6.71. The molecule has 0 spiro atoms. The van der Waals surface area contributed by atoms with Gasteiger partial charge in [-0.05, 0) is 0 Å². The largest absolute Gasteiger partial charge is 0.414 e. The van der Waals surface area contributed by atoms with E-state index in [9.17, 15) is 18.0 Å². The molecule has 0 aliphatic carbocycles. The number of hydrogen-bond donors (Lipinski definition) is 1. The fourth-order valence-electron chi connectivity index (χ4n) is 0.335. The van der Waals surface area contributed by atoms with Gasteiger partial charge < -0.3 is 0 Å². The lowest BCUT2D eigenvalue weighted by molar-refractivity contribution is -0.191. The van der Waals surface area contributed by atoms with Gasteiger partial charge in [0.05, 0.1) is 0 Å². The van der Waals surface area contributed by atoms with Gasteiger partial charge in [-0.15, -0.1) is 11.6 Å². The molecule has 0 atom stereocenters. The number of nitrogens with one attached hydrogen (secondary N) is 1. The van der Waals surface area contributed by atoms with E-state index < -0.39 is 18.7 Å². The SMILES string of the molecule is O=C(CCCl)NOCC(F)(F)F. The molecular formula is C5H7ClF3NO2. The third kappa shape index (κ3) is 7.62. The number of halogens is 4. The van der Waals surface area contributed by atoms with Crippen molar-refractivity contribution in [2.24, 2.45) is 0 Å². The monoisotopic (exact) mass is 205 g/mol. The van der Waals surface area contributed by atoms with Crippen LogP contribution in [0, 0.1) is 0 Å². The van der Waals surface area contributed by atoms with E-state index in [0.29, 0.717) is 0 Å². The second kappa shape index (κ2) is 5.21. The lowest BCUT2D eigenvalue weighted by Gasteiger charge is -2.07. The van der Waals surface area contributed by atoms with E-state index in [0.717, 1.165) is 0 Å². The first-order valence-corrected chi connectivity index (χ1v) is 3.52. The Kier molecular flexibility index (Phi) is 5.00. The van der Waals surface area contributed by atoms with Gasteiger partial charge in [0.1, 0.15) is 0 Å². The van der Waals surface area contributed by atoms with Gasteiger partial charge in [0, 0.05) is 12.3 Å². The minimum atomic E-state index is -4.44. The smallest absolute Gasteiger partial charge is 0.273 e. The Labute approximate surface area is 71.8 Å². The van der Waals surface area contributed by atoms with Crippen LogP contribution in [0.4, 0.5) is 13.2 Å². The Hall–Kier alpha value is -0.490. The van der Waals surface area contributed by atoms with Crippen LogP contribution in [0.3, 0.4) is 0 Å². The maximum Gasteiger partial charge on any atom is 0.414 e. The van der Waals surface area contributed by atoms with Crippen molar-refractivity contribution in [3.63, 3.8) is 0 Å². The summed E-state index contributed by atoms with van der Waals surface area (Å²) in [6.45, 7) is -1.50. The molecule has 0 aromatic heterocycles. The molecule has 0 aromatic carbocycles. The first kappa shape index (κ1) is 11.5. The second-order valence-corrected chi connectivity index (χ2v) is 2.25. The van der Waals surface area contributed by atoms with Gasteiger partial charge in [-0.25, -0.2) is 5.48 Å². The Bertz CT molecular complexity index is 150. The van der Waals surface area contributed by atoms with Crippen LogP contribution in [0.2, 0.25) is 0 Å². The minimum absolute atomic E-state index is 0.0429. The average molecular weight is 206 g/mol. The number of hydrogen-bond acceptors (Lipinski definition) is 2. The summed E-state index contributed by atoms with van der Waals surface area (Å²) in [5.41, 5.74) is 1.60. The van der Waals surface area contributed by atoms with E-state index in [2.05, 4.69) is 4.84 Å². The fourth-order valence-corrected chi connectivity index (χ4v) is 0.507. The fraction of sp³-hybridized carbons (Fsp3) is 0.800. The molecular weight excluding hydrogens is 199 g/mol. The molecule has 1 N–H and O–H groups in total. The summed E-state index contributed by atoms with van der Waals surface area (Å²) in [5.74, 6) is -0.629. The van der Waals surface area contributed by atoms with Crippen molar-refractivity contribution >= 4 is 17.5 Å². The Morgan fingerprint density at radius 3 is 2.50 bits per heavy atom. The molecule has 3 nitrogen and oxygen atoms in total. The van der Waals surface area contributed by atoms with Gasteiger partial charge in [0.15, 0.2) is 6.61 Å². The highest BCUT2D eigenvalue weighted by Gasteiger charge is 2.28. The van der Waals surface area contributed by atoms with Crippen LogP contribution in [0.5, 0.6) is 0 Å². The summed E-state index contributed by atoms with van der Waals surface area (Å²) in [4.78, 5) is 14.3. The van der Waals surface area contributed by atoms with Gasteiger partial charge in [-0.3, -0.25) is 9.63 Å². The zero-order valence-electron chi connectivity index (χ0n) is 5.95. The van der Waals surface area contributed by atoms with Gasteiger partial charge in [-0.1, -0.05) is 0 Å². The molecule has 0 aromatic rings. The first-order valence-electron chi connectivity index (χ1n) is 2.99. The molecule has 0 radical (unpaired) electrons. The normalized spacial score (nSPS) is 11.3. The maximum absolute atomic E-state index is 11.4. The Morgan fingerprint density at radius 1 is 1.50 bits per heavy atom. The second-order valence-electron chi connectivity index (χ2n) is 1.87. The van der Waals surface area contributed by atoms with Gasteiger partial charge in [-0.2, -0.15) is 13.2 Å². The number of amides is 1. The highest BCUT2D eigenvalue weighted by molar-refractivity contribution is 6.18. The van der Waals surface area contributed by atoms with Crippen LogP contribution in [-0.2, 0) is 9.63 Å². The number of alkyl halides is 4. The first-order chi connectivity index (χ1) is 5.45. The lowest BCUT2D eigenvalue weighted by Crippen LogP contribution is -2.29. The minimum Gasteiger partial charge on any atom is -0.273 e. The molecule has 0 unspecified atom stereocenters. The highest BCUT2D eigenvalue weighted by atomic mass is 35.5. The van der Waals surface area contributed by atoms with Crippen molar-refractivity contribution in [1.82, 2.24) is 5.48 Å². The topological polar surface area (TPSA) is 38.3 Å². The van der Waals surface area contributed by atoms with Crippen molar-refractivity contribution in [2.45, 2.75) is 12.6 Å². The van der Waals surface area contributed by atoms with Crippen molar-refractivity contribution in [1.29, 1.82) is 0 Å². The van der Waals surface area contributed by atoms with Crippen LogP contribution in [0.1, 0.15) is 6.42 Å². The van der Waals surface area contributed by atoms with Crippen molar-refractivity contribution < 1.29 is 22.8 Å². The molecule has 72 valence electrons. The maximum atomic E-state index is 11.4. The van der Waals surface area contributed by atoms with Crippen LogP contribution in [0.25, 0.3) is 0 Å².